The van der Waals surface area contributed by atoms with Gasteiger partial charge < -0.3 is 14.8 Å². The maximum atomic E-state index is 11.3. The van der Waals surface area contributed by atoms with Crippen LogP contribution in [0.25, 0.3) is 0 Å². The molecule has 0 radical (unpaired) electrons. The van der Waals surface area contributed by atoms with Crippen LogP contribution < -0.4 is 14.8 Å². The molecule has 0 aliphatic carbocycles. The van der Waals surface area contributed by atoms with Crippen molar-refractivity contribution in [2.24, 2.45) is 0 Å². The van der Waals surface area contributed by atoms with E-state index in [-0.39, 0.29) is 24.9 Å². The minimum atomic E-state index is -0.268. The van der Waals surface area contributed by atoms with Gasteiger partial charge in [-0.1, -0.05) is 6.07 Å². The first-order chi connectivity index (χ1) is 8.15. The molecule has 0 aromatic heterocycles. The van der Waals surface area contributed by atoms with E-state index in [9.17, 15) is 9.59 Å². The van der Waals surface area contributed by atoms with Crippen LogP contribution >= 0.6 is 0 Å². The first kappa shape index (κ1) is 11.4. The molecule has 17 heavy (non-hydrogen) atoms. The van der Waals surface area contributed by atoms with Crippen LogP contribution in [0.3, 0.4) is 0 Å². The topological polar surface area (TPSA) is 64.6 Å². The number of Topliss-reactive ketones (excluding diaryl/α,β-unsaturated/α-hetero) is 1. The second kappa shape index (κ2) is 4.86. The number of nitrogens with one attached hydrogen (secondary N) is 1. The number of carbonyl (C=O) groups excluding carboxylic acids is 2. The van der Waals surface area contributed by atoms with Crippen molar-refractivity contribution in [3.05, 3.63) is 23.8 Å². The Labute approximate surface area is 98.7 Å². The Morgan fingerprint density at radius 1 is 1.29 bits per heavy atom. The van der Waals surface area contributed by atoms with Crippen LogP contribution in [0.5, 0.6) is 11.5 Å². The van der Waals surface area contributed by atoms with E-state index in [1.165, 1.54) is 6.92 Å². The highest BCUT2D eigenvalue weighted by Gasteiger charge is 2.13. The fraction of sp³-hybridized carbons (Fsp3) is 0.333. The van der Waals surface area contributed by atoms with Gasteiger partial charge in [-0.25, -0.2) is 0 Å². The van der Waals surface area contributed by atoms with Crippen LogP contribution in [0.4, 0.5) is 0 Å². The van der Waals surface area contributed by atoms with Crippen LogP contribution in [0, 0.1) is 0 Å². The summed E-state index contributed by atoms with van der Waals surface area (Å²) in [5.74, 6) is 0.982. The highest BCUT2D eigenvalue weighted by Crippen LogP contribution is 2.32. The molecule has 0 spiro atoms. The number of rotatable bonds is 4. The Hall–Kier alpha value is -2.04. The largest absolute Gasteiger partial charge is 0.454 e. The van der Waals surface area contributed by atoms with Crippen LogP contribution in [0.1, 0.15) is 18.9 Å². The molecule has 1 N–H and O–H groups in total. The predicted molar refractivity (Wildman–Crippen MR) is 59.7 cm³/mol. The molecule has 1 heterocycles. The first-order valence-electron chi connectivity index (χ1n) is 5.30. The summed E-state index contributed by atoms with van der Waals surface area (Å²) >= 11 is 0. The molecule has 0 saturated heterocycles. The molecule has 2 rings (SSSR count). The second-order valence-corrected chi connectivity index (χ2v) is 3.84. The summed E-state index contributed by atoms with van der Waals surface area (Å²) in [6.45, 7) is 2.00. The molecule has 90 valence electrons. The van der Waals surface area contributed by atoms with Crippen molar-refractivity contribution in [1.29, 1.82) is 0 Å². The highest BCUT2D eigenvalue weighted by molar-refractivity contribution is 5.96. The third-order valence-electron chi connectivity index (χ3n) is 2.34. The Bertz CT molecular complexity index is 456. The van der Waals surface area contributed by atoms with Gasteiger partial charge in [0.1, 0.15) is 5.78 Å². The molecule has 1 aliphatic heterocycles. The predicted octanol–water partition coefficient (Wildman–Crippen LogP) is 1.01. The molecule has 0 atom stereocenters. The van der Waals surface area contributed by atoms with Crippen molar-refractivity contribution in [3.8, 4) is 11.5 Å². The fourth-order valence-electron chi connectivity index (χ4n) is 1.54. The normalized spacial score (nSPS) is 12.3. The quantitative estimate of drug-likeness (QED) is 0.791. The molecular weight excluding hydrogens is 222 g/mol. The van der Waals surface area contributed by atoms with Crippen molar-refractivity contribution in [1.82, 2.24) is 5.32 Å². The van der Waals surface area contributed by atoms with Gasteiger partial charge in [0.15, 0.2) is 11.5 Å². The van der Waals surface area contributed by atoms with Crippen molar-refractivity contribution < 1.29 is 19.1 Å². The van der Waals surface area contributed by atoms with E-state index in [0.29, 0.717) is 18.0 Å². The number of hydrogen-bond donors (Lipinski definition) is 1. The Morgan fingerprint density at radius 3 is 2.82 bits per heavy atom. The Kier molecular flexibility index (Phi) is 3.27. The molecule has 1 aromatic carbocycles. The Morgan fingerprint density at radius 2 is 2.06 bits per heavy atom. The molecule has 1 aliphatic rings. The molecule has 1 amide bonds. The van der Waals surface area contributed by atoms with Crippen molar-refractivity contribution >= 4 is 11.7 Å². The van der Waals surface area contributed by atoms with E-state index >= 15 is 0 Å². The van der Waals surface area contributed by atoms with Crippen molar-refractivity contribution in [2.75, 3.05) is 6.79 Å². The average molecular weight is 235 g/mol. The van der Waals surface area contributed by atoms with E-state index in [2.05, 4.69) is 5.32 Å². The summed E-state index contributed by atoms with van der Waals surface area (Å²) in [5.41, 5.74) is 0.908. The van der Waals surface area contributed by atoms with Gasteiger partial charge in [-0.05, 0) is 24.6 Å². The van der Waals surface area contributed by atoms with Gasteiger partial charge in [-0.15, -0.1) is 0 Å². The smallest absolute Gasteiger partial charge is 0.231 e. The zero-order valence-electron chi connectivity index (χ0n) is 9.49. The van der Waals surface area contributed by atoms with Crippen LogP contribution in [-0.2, 0) is 16.1 Å². The number of hydrogen-bond acceptors (Lipinski definition) is 4. The third kappa shape index (κ3) is 2.96. The Balaban J connectivity index is 1.91. The van der Waals surface area contributed by atoms with Gasteiger partial charge in [-0.3, -0.25) is 9.59 Å². The van der Waals surface area contributed by atoms with Crippen LogP contribution in [-0.4, -0.2) is 18.5 Å². The fourth-order valence-corrected chi connectivity index (χ4v) is 1.54. The molecule has 0 saturated carbocycles. The summed E-state index contributed by atoms with van der Waals surface area (Å²) in [6.07, 6.45) is -0.0788. The third-order valence-corrected chi connectivity index (χ3v) is 2.34. The highest BCUT2D eigenvalue weighted by atomic mass is 16.7. The minimum absolute atomic E-state index is 0.0788. The number of fused-ring (bicyclic) bond motifs is 1. The molecule has 5 nitrogen and oxygen atoms in total. The summed E-state index contributed by atoms with van der Waals surface area (Å²) in [4.78, 5) is 22.0. The number of ketones is 1. The number of benzene rings is 1. The summed E-state index contributed by atoms with van der Waals surface area (Å²) in [5, 5.41) is 2.67. The van der Waals surface area contributed by atoms with Gasteiger partial charge >= 0.3 is 0 Å². The lowest BCUT2D eigenvalue weighted by Gasteiger charge is -2.05. The lowest BCUT2D eigenvalue weighted by atomic mass is 10.2. The van der Waals surface area contributed by atoms with E-state index in [0.717, 1.165) is 5.56 Å². The zero-order chi connectivity index (χ0) is 12.3. The maximum Gasteiger partial charge on any atom is 0.231 e. The van der Waals surface area contributed by atoms with Crippen LogP contribution in [0.2, 0.25) is 0 Å². The first-order valence-corrected chi connectivity index (χ1v) is 5.30. The van der Waals surface area contributed by atoms with E-state index in [4.69, 9.17) is 9.47 Å². The molecule has 0 unspecified atom stereocenters. The van der Waals surface area contributed by atoms with Gasteiger partial charge in [0.05, 0.1) is 6.42 Å². The standard InChI is InChI=1S/C12H13NO4/c1-8(14)4-12(15)13-6-9-2-3-10-11(5-9)17-7-16-10/h2-3,5H,4,6-7H2,1H3,(H,13,15). The number of amides is 1. The van der Waals surface area contributed by atoms with Gasteiger partial charge in [0.2, 0.25) is 12.7 Å². The lowest BCUT2D eigenvalue weighted by Crippen LogP contribution is -2.24. The zero-order valence-corrected chi connectivity index (χ0v) is 9.49. The minimum Gasteiger partial charge on any atom is -0.454 e. The van der Waals surface area contributed by atoms with E-state index in [1.807, 2.05) is 12.1 Å². The monoisotopic (exact) mass is 235 g/mol. The van der Waals surface area contributed by atoms with E-state index < -0.39 is 0 Å². The van der Waals surface area contributed by atoms with Crippen molar-refractivity contribution in [2.45, 2.75) is 19.9 Å². The average Bonchev–Trinajstić information content (AvgIpc) is 2.72. The van der Waals surface area contributed by atoms with E-state index in [1.54, 1.807) is 6.07 Å². The maximum absolute atomic E-state index is 11.3. The van der Waals surface area contributed by atoms with Gasteiger partial charge in [0, 0.05) is 6.54 Å². The summed E-state index contributed by atoms with van der Waals surface area (Å²) in [7, 11) is 0. The van der Waals surface area contributed by atoms with Gasteiger partial charge in [0.25, 0.3) is 0 Å². The molecule has 1 aromatic rings. The number of ether oxygens (including phenoxy) is 2. The number of carbonyl (C=O) groups is 2. The SMILES string of the molecule is CC(=O)CC(=O)NCc1ccc2c(c1)OCO2. The lowest BCUT2D eigenvalue weighted by molar-refractivity contribution is -0.127. The molecule has 0 bridgehead atoms. The second-order valence-electron chi connectivity index (χ2n) is 3.84. The molecule has 0 fully saturated rings. The summed E-state index contributed by atoms with van der Waals surface area (Å²) in [6, 6.07) is 5.47. The van der Waals surface area contributed by atoms with Gasteiger partial charge in [-0.2, -0.15) is 0 Å². The van der Waals surface area contributed by atoms with Crippen LogP contribution in [0.15, 0.2) is 18.2 Å². The van der Waals surface area contributed by atoms with Crippen molar-refractivity contribution in [3.63, 3.8) is 0 Å². The molecular formula is C12H13NO4. The summed E-state index contributed by atoms with van der Waals surface area (Å²) < 4.78 is 10.4. The molecule has 5 heteroatoms.